The lowest BCUT2D eigenvalue weighted by molar-refractivity contribution is -0.128. The van der Waals surface area contributed by atoms with Gasteiger partial charge in [0.2, 0.25) is 5.91 Å². The number of nitrogens with one attached hydrogen (secondary N) is 1. The molecule has 1 N–H and O–H groups in total. The number of nitrogens with zero attached hydrogens (tertiary/aromatic N) is 1. The molecule has 0 bridgehead atoms. The molecule has 0 radical (unpaired) electrons. The molecule has 2 atom stereocenters. The number of rotatable bonds is 12. The minimum atomic E-state index is -0.436. The molecule has 0 spiro atoms. The zero-order chi connectivity index (χ0) is 27.8. The van der Waals surface area contributed by atoms with Crippen molar-refractivity contribution in [2.45, 2.75) is 44.7 Å². The Balaban J connectivity index is 1.81. The van der Waals surface area contributed by atoms with Crippen LogP contribution in [0.4, 0.5) is 0 Å². The Bertz CT molecular complexity index is 1250. The first kappa shape index (κ1) is 28.3. The van der Waals surface area contributed by atoms with Crippen LogP contribution in [-0.4, -0.2) is 52.3 Å². The summed E-state index contributed by atoms with van der Waals surface area (Å²) in [5, 5.41) is 3.20. The molecule has 1 aliphatic heterocycles. The monoisotopic (exact) mass is 532 g/mol. The van der Waals surface area contributed by atoms with Crippen molar-refractivity contribution in [1.29, 1.82) is 0 Å². The molecule has 3 aromatic rings. The van der Waals surface area contributed by atoms with Crippen molar-refractivity contribution >= 4 is 5.91 Å². The summed E-state index contributed by atoms with van der Waals surface area (Å²) < 4.78 is 22.4. The number of methoxy groups -OCH3 is 4. The predicted molar refractivity (Wildman–Crippen MR) is 153 cm³/mol. The normalized spacial score (nSPS) is 15.7. The first-order chi connectivity index (χ1) is 19.0. The fourth-order valence-electron chi connectivity index (χ4n) is 5.43. The first-order valence-electron chi connectivity index (χ1n) is 13.6. The van der Waals surface area contributed by atoms with E-state index in [-0.39, 0.29) is 11.9 Å². The maximum Gasteiger partial charge on any atom is 0.241 e. The van der Waals surface area contributed by atoms with E-state index in [1.807, 2.05) is 42.5 Å². The third-order valence-electron chi connectivity index (χ3n) is 7.45. The molecule has 1 aliphatic rings. The van der Waals surface area contributed by atoms with Gasteiger partial charge in [0.1, 0.15) is 6.04 Å². The minimum absolute atomic E-state index is 0.0240. The molecule has 0 aliphatic carbocycles. The second kappa shape index (κ2) is 13.4. The fraction of sp³-hybridized carbons (Fsp3) is 0.406. The molecule has 0 fully saturated rings. The van der Waals surface area contributed by atoms with Gasteiger partial charge in [0.25, 0.3) is 0 Å². The lowest BCUT2D eigenvalue weighted by Crippen LogP contribution is -2.46. The highest BCUT2D eigenvalue weighted by Crippen LogP contribution is 2.43. The van der Waals surface area contributed by atoms with E-state index in [1.165, 1.54) is 5.56 Å². The number of carbonyl (C=O) groups is 1. The minimum Gasteiger partial charge on any atom is -0.493 e. The summed E-state index contributed by atoms with van der Waals surface area (Å²) >= 11 is 0. The smallest absolute Gasteiger partial charge is 0.241 e. The molecule has 0 aromatic heterocycles. The molecule has 7 nitrogen and oxygen atoms in total. The fourth-order valence-corrected chi connectivity index (χ4v) is 5.43. The van der Waals surface area contributed by atoms with Crippen molar-refractivity contribution in [1.82, 2.24) is 10.2 Å². The van der Waals surface area contributed by atoms with Crippen molar-refractivity contribution < 1.29 is 23.7 Å². The average molecular weight is 533 g/mol. The zero-order valence-corrected chi connectivity index (χ0v) is 23.7. The van der Waals surface area contributed by atoms with E-state index >= 15 is 0 Å². The summed E-state index contributed by atoms with van der Waals surface area (Å²) in [7, 11) is 6.60. The maximum absolute atomic E-state index is 13.8. The van der Waals surface area contributed by atoms with Crippen LogP contribution in [-0.2, 0) is 17.6 Å². The van der Waals surface area contributed by atoms with Gasteiger partial charge in [-0.3, -0.25) is 9.69 Å². The van der Waals surface area contributed by atoms with Crippen LogP contribution in [0.2, 0.25) is 0 Å². The molecule has 1 unspecified atom stereocenters. The molecule has 1 amide bonds. The largest absolute Gasteiger partial charge is 0.493 e. The van der Waals surface area contributed by atoms with Gasteiger partial charge in [-0.05, 0) is 65.8 Å². The highest BCUT2D eigenvalue weighted by Gasteiger charge is 2.37. The quantitative estimate of drug-likeness (QED) is 0.310. The van der Waals surface area contributed by atoms with E-state index < -0.39 is 6.04 Å². The molecule has 3 aromatic carbocycles. The van der Waals surface area contributed by atoms with Crippen LogP contribution < -0.4 is 24.3 Å². The summed E-state index contributed by atoms with van der Waals surface area (Å²) in [6.45, 7) is 3.51. The highest BCUT2D eigenvalue weighted by molar-refractivity contribution is 5.83. The third-order valence-corrected chi connectivity index (χ3v) is 7.45. The lowest BCUT2D eigenvalue weighted by Gasteiger charge is -2.42. The van der Waals surface area contributed by atoms with E-state index in [4.69, 9.17) is 18.9 Å². The van der Waals surface area contributed by atoms with Crippen molar-refractivity contribution in [3.8, 4) is 23.0 Å². The van der Waals surface area contributed by atoms with Gasteiger partial charge in [0.05, 0.1) is 28.4 Å². The zero-order valence-electron chi connectivity index (χ0n) is 23.7. The van der Waals surface area contributed by atoms with E-state index in [9.17, 15) is 4.79 Å². The van der Waals surface area contributed by atoms with Crippen LogP contribution in [0, 0.1) is 0 Å². The van der Waals surface area contributed by atoms with Crippen molar-refractivity contribution in [3.63, 3.8) is 0 Å². The van der Waals surface area contributed by atoms with Gasteiger partial charge in [-0.2, -0.15) is 0 Å². The van der Waals surface area contributed by atoms with Crippen LogP contribution in [0.5, 0.6) is 23.0 Å². The Morgan fingerprint density at radius 1 is 0.897 bits per heavy atom. The number of carbonyl (C=O) groups excluding carboxylic acids is 1. The number of hydrogen-bond acceptors (Lipinski definition) is 6. The number of amides is 1. The standard InChI is InChI=1S/C32H40N2O5/c1-6-7-16-33-32(35)31(23-11-9-8-10-12-23)34-17-15-24-20-29(38-4)30(39-5)21-25(24)26(34)18-22-13-14-27(36-2)28(19-22)37-3/h8-14,19-21,26,31H,6-7,15-18H2,1-5H3,(H,33,35)/t26-,31?/m0/s1. The van der Waals surface area contributed by atoms with Gasteiger partial charge >= 0.3 is 0 Å². The number of fused-ring (bicyclic) bond motifs is 1. The summed E-state index contributed by atoms with van der Waals surface area (Å²) in [6, 6.07) is 19.7. The van der Waals surface area contributed by atoms with E-state index in [2.05, 4.69) is 35.3 Å². The van der Waals surface area contributed by atoms with Crippen LogP contribution in [0.1, 0.15) is 54.1 Å². The Kier molecular flexibility index (Phi) is 9.71. The average Bonchev–Trinajstić information content (AvgIpc) is 2.98. The molecule has 1 heterocycles. The van der Waals surface area contributed by atoms with Gasteiger partial charge in [-0.15, -0.1) is 0 Å². The van der Waals surface area contributed by atoms with E-state index in [1.54, 1.807) is 28.4 Å². The summed E-state index contributed by atoms with van der Waals surface area (Å²) in [5.41, 5.74) is 4.40. The highest BCUT2D eigenvalue weighted by atomic mass is 16.5. The molecular formula is C32H40N2O5. The van der Waals surface area contributed by atoms with Gasteiger partial charge in [-0.25, -0.2) is 0 Å². The summed E-state index contributed by atoms with van der Waals surface area (Å²) in [5.74, 6) is 2.79. The number of unbranched alkanes of at least 4 members (excludes halogenated alkanes) is 1. The SMILES string of the molecule is CCCCNC(=O)C(c1ccccc1)N1CCc2cc(OC)c(OC)cc2[C@@H]1Cc1ccc(OC)c(OC)c1. The Labute approximate surface area is 232 Å². The van der Waals surface area contributed by atoms with Gasteiger partial charge in [0, 0.05) is 19.1 Å². The van der Waals surface area contributed by atoms with Crippen molar-refractivity contribution in [3.05, 3.63) is 82.9 Å². The third kappa shape index (κ3) is 6.31. The number of hydrogen-bond donors (Lipinski definition) is 1. The van der Waals surface area contributed by atoms with Crippen LogP contribution in [0.3, 0.4) is 0 Å². The summed E-state index contributed by atoms with van der Waals surface area (Å²) in [4.78, 5) is 16.1. The molecule has 39 heavy (non-hydrogen) atoms. The Hall–Kier alpha value is -3.71. The van der Waals surface area contributed by atoms with Crippen LogP contribution in [0.25, 0.3) is 0 Å². The molecule has 0 saturated carbocycles. The number of ether oxygens (including phenoxy) is 4. The lowest BCUT2D eigenvalue weighted by atomic mass is 9.86. The van der Waals surface area contributed by atoms with E-state index in [0.717, 1.165) is 42.5 Å². The predicted octanol–water partition coefficient (Wildman–Crippen LogP) is 5.52. The van der Waals surface area contributed by atoms with Gasteiger partial charge in [0.15, 0.2) is 23.0 Å². The van der Waals surface area contributed by atoms with Crippen molar-refractivity contribution in [2.24, 2.45) is 0 Å². The van der Waals surface area contributed by atoms with Gasteiger partial charge < -0.3 is 24.3 Å². The molecular weight excluding hydrogens is 492 g/mol. The topological polar surface area (TPSA) is 69.3 Å². The van der Waals surface area contributed by atoms with Gasteiger partial charge in [-0.1, -0.05) is 49.7 Å². The van der Waals surface area contributed by atoms with E-state index in [0.29, 0.717) is 36.0 Å². The molecule has 208 valence electrons. The second-order valence-corrected chi connectivity index (χ2v) is 9.76. The Morgan fingerprint density at radius 3 is 2.23 bits per heavy atom. The summed E-state index contributed by atoms with van der Waals surface area (Å²) in [6.07, 6.45) is 3.44. The second-order valence-electron chi connectivity index (χ2n) is 9.76. The first-order valence-corrected chi connectivity index (χ1v) is 13.6. The maximum atomic E-state index is 13.8. The molecule has 0 saturated heterocycles. The number of benzene rings is 3. The van der Waals surface area contributed by atoms with Crippen LogP contribution >= 0.6 is 0 Å². The van der Waals surface area contributed by atoms with Crippen molar-refractivity contribution in [2.75, 3.05) is 41.5 Å². The molecule has 7 heteroatoms. The Morgan fingerprint density at radius 2 is 1.56 bits per heavy atom. The van der Waals surface area contributed by atoms with Crippen LogP contribution in [0.15, 0.2) is 60.7 Å². The molecule has 4 rings (SSSR count).